The van der Waals surface area contributed by atoms with Crippen LogP contribution in [0, 0.1) is 0 Å². The number of hydrogen-bond acceptors (Lipinski definition) is 3. The highest BCUT2D eigenvalue weighted by atomic mass is 19.4. The van der Waals surface area contributed by atoms with Gasteiger partial charge in [-0.05, 0) is 18.9 Å². The monoisotopic (exact) mass is 306 g/mol. The van der Waals surface area contributed by atoms with Gasteiger partial charge in [-0.2, -0.15) is 13.2 Å². The molecule has 0 spiro atoms. The molecule has 0 aliphatic heterocycles. The predicted molar refractivity (Wildman–Crippen MR) is 69.6 cm³/mol. The van der Waals surface area contributed by atoms with Crippen molar-refractivity contribution >= 4 is 5.91 Å². The van der Waals surface area contributed by atoms with E-state index in [-0.39, 0.29) is 6.54 Å². The molecule has 1 rings (SSSR count). The zero-order valence-electron chi connectivity index (χ0n) is 11.5. The summed E-state index contributed by atoms with van der Waals surface area (Å²) in [5, 5.41) is 11.7. The normalized spacial score (nSPS) is 13.0. The lowest BCUT2D eigenvalue weighted by Crippen LogP contribution is -2.34. The smallest absolute Gasteiger partial charge is 0.393 e. The van der Waals surface area contributed by atoms with Gasteiger partial charge in [0.25, 0.3) is 5.56 Å². The minimum atomic E-state index is -4.57. The Morgan fingerprint density at radius 1 is 1.43 bits per heavy atom. The van der Waals surface area contributed by atoms with E-state index in [0.29, 0.717) is 29.7 Å². The van der Waals surface area contributed by atoms with Crippen LogP contribution in [0.25, 0.3) is 0 Å². The van der Waals surface area contributed by atoms with Gasteiger partial charge in [0.05, 0.1) is 11.7 Å². The van der Waals surface area contributed by atoms with E-state index in [9.17, 15) is 27.9 Å². The summed E-state index contributed by atoms with van der Waals surface area (Å²) in [6.07, 6.45) is -3.61. The summed E-state index contributed by atoms with van der Waals surface area (Å²) in [5.41, 5.74) is -1.68. The lowest BCUT2D eigenvalue weighted by Gasteiger charge is -2.12. The Morgan fingerprint density at radius 3 is 2.67 bits per heavy atom. The molecule has 1 aromatic rings. The van der Waals surface area contributed by atoms with E-state index in [1.165, 1.54) is 0 Å². The Morgan fingerprint density at radius 2 is 2.10 bits per heavy atom. The Labute approximate surface area is 119 Å². The molecule has 0 radical (unpaired) electrons. The minimum Gasteiger partial charge on any atom is -0.393 e. The highest BCUT2D eigenvalue weighted by Gasteiger charge is 2.31. The molecular formula is C13H17F3N2O3. The Hall–Kier alpha value is -1.83. The third-order valence-electron chi connectivity index (χ3n) is 2.90. The third-order valence-corrected chi connectivity index (χ3v) is 2.90. The minimum absolute atomic E-state index is 0.196. The zero-order valence-corrected chi connectivity index (χ0v) is 11.5. The molecule has 1 heterocycles. The van der Waals surface area contributed by atoms with Crippen LogP contribution in [0.1, 0.15) is 25.3 Å². The molecule has 2 N–H and O–H groups in total. The lowest BCUT2D eigenvalue weighted by molar-refractivity contribution is -0.138. The van der Waals surface area contributed by atoms with Gasteiger partial charge in [-0.3, -0.25) is 9.59 Å². The summed E-state index contributed by atoms with van der Waals surface area (Å²) in [6, 6.07) is 1.45. The molecule has 0 saturated heterocycles. The fourth-order valence-corrected chi connectivity index (χ4v) is 1.62. The van der Waals surface area contributed by atoms with Crippen LogP contribution >= 0.6 is 0 Å². The number of carbonyl (C=O) groups is 1. The zero-order chi connectivity index (χ0) is 16.0. The van der Waals surface area contributed by atoms with Crippen molar-refractivity contribution in [3.8, 4) is 0 Å². The standard InChI is InChI=1S/C13H17F3N2O3/c1-2-10(19)5-6-17-11(20)8-18-7-9(13(14,15)16)3-4-12(18)21/h3-4,7,10,19H,2,5-6,8H2,1H3,(H,17,20). The quantitative estimate of drug-likeness (QED) is 0.828. The van der Waals surface area contributed by atoms with Crippen molar-refractivity contribution in [3.63, 3.8) is 0 Å². The number of nitrogens with zero attached hydrogens (tertiary/aromatic N) is 1. The van der Waals surface area contributed by atoms with Gasteiger partial charge < -0.3 is 15.0 Å². The number of rotatable bonds is 6. The van der Waals surface area contributed by atoms with Crippen molar-refractivity contribution in [2.45, 2.75) is 38.6 Å². The molecule has 118 valence electrons. The van der Waals surface area contributed by atoms with E-state index in [1.54, 1.807) is 6.92 Å². The number of pyridine rings is 1. The SMILES string of the molecule is CCC(O)CCNC(=O)Cn1cc(C(F)(F)F)ccc1=O. The summed E-state index contributed by atoms with van der Waals surface area (Å²) in [4.78, 5) is 23.0. The summed E-state index contributed by atoms with van der Waals surface area (Å²) in [5.74, 6) is -0.584. The number of nitrogens with one attached hydrogen (secondary N) is 1. The number of carbonyl (C=O) groups excluding carboxylic acids is 1. The van der Waals surface area contributed by atoms with Crippen LogP contribution < -0.4 is 10.9 Å². The van der Waals surface area contributed by atoms with Crippen molar-refractivity contribution in [1.82, 2.24) is 9.88 Å². The lowest BCUT2D eigenvalue weighted by atomic mass is 10.2. The summed E-state index contributed by atoms with van der Waals surface area (Å²) < 4.78 is 38.3. The van der Waals surface area contributed by atoms with E-state index in [2.05, 4.69) is 5.32 Å². The second-order valence-electron chi connectivity index (χ2n) is 4.58. The van der Waals surface area contributed by atoms with E-state index < -0.39 is 35.9 Å². The van der Waals surface area contributed by atoms with Crippen molar-refractivity contribution in [3.05, 3.63) is 34.2 Å². The number of halogens is 3. The molecule has 8 heteroatoms. The highest BCUT2D eigenvalue weighted by molar-refractivity contribution is 5.75. The largest absolute Gasteiger partial charge is 0.417 e. The highest BCUT2D eigenvalue weighted by Crippen LogP contribution is 2.27. The number of amides is 1. The van der Waals surface area contributed by atoms with Gasteiger partial charge in [-0.15, -0.1) is 0 Å². The first kappa shape index (κ1) is 17.2. The molecule has 0 bridgehead atoms. The number of alkyl halides is 3. The van der Waals surface area contributed by atoms with Crippen LogP contribution in [0.4, 0.5) is 13.2 Å². The molecule has 1 unspecified atom stereocenters. The Bertz CT molecular complexity index is 540. The van der Waals surface area contributed by atoms with Gasteiger partial charge >= 0.3 is 6.18 Å². The Kier molecular flexibility index (Phi) is 5.95. The van der Waals surface area contributed by atoms with Crippen molar-refractivity contribution in [1.29, 1.82) is 0 Å². The van der Waals surface area contributed by atoms with Crippen LogP contribution in [-0.2, 0) is 17.5 Å². The molecule has 1 atom stereocenters. The first-order chi connectivity index (χ1) is 9.74. The molecule has 0 fully saturated rings. The molecule has 1 aromatic heterocycles. The first-order valence-electron chi connectivity index (χ1n) is 6.46. The summed E-state index contributed by atoms with van der Waals surface area (Å²) in [6.45, 7) is 1.49. The fraction of sp³-hybridized carbons (Fsp3) is 0.538. The van der Waals surface area contributed by atoms with E-state index in [1.807, 2.05) is 0 Å². The van der Waals surface area contributed by atoms with Crippen molar-refractivity contribution < 1.29 is 23.1 Å². The molecular weight excluding hydrogens is 289 g/mol. The van der Waals surface area contributed by atoms with Gasteiger partial charge in [0, 0.05) is 18.8 Å². The van der Waals surface area contributed by atoms with Crippen LogP contribution in [0.2, 0.25) is 0 Å². The van der Waals surface area contributed by atoms with Gasteiger partial charge in [0.2, 0.25) is 5.91 Å². The van der Waals surface area contributed by atoms with Crippen molar-refractivity contribution in [2.24, 2.45) is 0 Å². The number of aliphatic hydroxyl groups excluding tert-OH is 1. The van der Waals surface area contributed by atoms with E-state index >= 15 is 0 Å². The van der Waals surface area contributed by atoms with Gasteiger partial charge in [0.15, 0.2) is 0 Å². The fourth-order valence-electron chi connectivity index (χ4n) is 1.62. The predicted octanol–water partition coefficient (Wildman–Crippen LogP) is 1.14. The first-order valence-corrected chi connectivity index (χ1v) is 6.46. The van der Waals surface area contributed by atoms with Crippen molar-refractivity contribution in [2.75, 3.05) is 6.54 Å². The van der Waals surface area contributed by atoms with Crippen LogP contribution in [0.3, 0.4) is 0 Å². The van der Waals surface area contributed by atoms with Crippen LogP contribution in [0.15, 0.2) is 23.1 Å². The summed E-state index contributed by atoms with van der Waals surface area (Å²) >= 11 is 0. The third kappa shape index (κ3) is 5.58. The molecule has 0 aromatic carbocycles. The maximum Gasteiger partial charge on any atom is 0.417 e. The topological polar surface area (TPSA) is 71.3 Å². The molecule has 0 aliphatic carbocycles. The molecule has 0 saturated carbocycles. The number of aromatic nitrogens is 1. The van der Waals surface area contributed by atoms with E-state index in [0.717, 1.165) is 6.07 Å². The average Bonchev–Trinajstić information content (AvgIpc) is 2.39. The second-order valence-corrected chi connectivity index (χ2v) is 4.58. The van der Waals surface area contributed by atoms with Crippen LogP contribution in [-0.4, -0.2) is 28.2 Å². The maximum atomic E-state index is 12.5. The number of hydrogen-bond donors (Lipinski definition) is 2. The van der Waals surface area contributed by atoms with Crippen LogP contribution in [0.5, 0.6) is 0 Å². The molecule has 5 nitrogen and oxygen atoms in total. The Balaban J connectivity index is 2.66. The molecule has 0 aliphatic rings. The second kappa shape index (κ2) is 7.26. The average molecular weight is 306 g/mol. The summed E-state index contributed by atoms with van der Waals surface area (Å²) in [7, 11) is 0. The molecule has 21 heavy (non-hydrogen) atoms. The van der Waals surface area contributed by atoms with Gasteiger partial charge in [-0.1, -0.05) is 6.92 Å². The van der Waals surface area contributed by atoms with Gasteiger partial charge in [0.1, 0.15) is 6.54 Å². The van der Waals surface area contributed by atoms with Gasteiger partial charge in [-0.25, -0.2) is 0 Å². The molecule has 1 amide bonds. The van der Waals surface area contributed by atoms with E-state index in [4.69, 9.17) is 0 Å². The maximum absolute atomic E-state index is 12.5. The number of aliphatic hydroxyl groups is 1.